The molecule has 2 rings (SSSR count). The summed E-state index contributed by atoms with van der Waals surface area (Å²) in [5.74, 6) is -0.0727. The van der Waals surface area contributed by atoms with Gasteiger partial charge in [-0.1, -0.05) is 19.4 Å². The minimum Gasteiger partial charge on any atom is -0.354 e. The molecule has 23 heavy (non-hydrogen) atoms. The van der Waals surface area contributed by atoms with Gasteiger partial charge in [-0.05, 0) is 36.8 Å². The van der Waals surface area contributed by atoms with E-state index in [2.05, 4.69) is 23.3 Å². The summed E-state index contributed by atoms with van der Waals surface area (Å²) in [6.07, 6.45) is 3.66. The molecular formula is C18H20N4O. The Morgan fingerprint density at radius 1 is 1.30 bits per heavy atom. The van der Waals surface area contributed by atoms with Crippen molar-refractivity contribution in [2.45, 2.75) is 19.8 Å². The lowest BCUT2D eigenvalue weighted by Crippen LogP contribution is -2.28. The van der Waals surface area contributed by atoms with E-state index in [0.29, 0.717) is 11.3 Å². The number of hydrogen-bond acceptors (Lipinski definition) is 4. The van der Waals surface area contributed by atoms with Crippen LogP contribution in [0.3, 0.4) is 0 Å². The number of amides is 1. The van der Waals surface area contributed by atoms with Crippen molar-refractivity contribution in [3.63, 3.8) is 0 Å². The van der Waals surface area contributed by atoms with Crippen LogP contribution in [-0.2, 0) is 0 Å². The molecule has 0 aliphatic heterocycles. The van der Waals surface area contributed by atoms with Gasteiger partial charge in [-0.15, -0.1) is 0 Å². The third-order valence-corrected chi connectivity index (χ3v) is 3.46. The second-order valence-corrected chi connectivity index (χ2v) is 5.33. The summed E-state index contributed by atoms with van der Waals surface area (Å²) in [6.45, 7) is 2.83. The average Bonchev–Trinajstić information content (AvgIpc) is 2.60. The van der Waals surface area contributed by atoms with E-state index >= 15 is 0 Å². The minimum atomic E-state index is -0.0727. The van der Waals surface area contributed by atoms with Crippen molar-refractivity contribution >= 4 is 17.3 Å². The molecule has 0 aliphatic carbocycles. The lowest BCUT2D eigenvalue weighted by atomic mass is 10.2. The lowest BCUT2D eigenvalue weighted by molar-refractivity contribution is 0.0787. The van der Waals surface area contributed by atoms with Crippen molar-refractivity contribution in [2.24, 2.45) is 0 Å². The zero-order valence-corrected chi connectivity index (χ0v) is 13.4. The van der Waals surface area contributed by atoms with Crippen molar-refractivity contribution in [1.82, 2.24) is 9.88 Å². The number of benzene rings is 1. The Labute approximate surface area is 136 Å². The van der Waals surface area contributed by atoms with E-state index in [1.165, 1.54) is 0 Å². The number of anilines is 2. The van der Waals surface area contributed by atoms with Crippen LogP contribution in [-0.4, -0.2) is 29.4 Å². The van der Waals surface area contributed by atoms with Crippen LogP contribution in [0, 0.1) is 11.3 Å². The van der Waals surface area contributed by atoms with Crippen LogP contribution in [0.25, 0.3) is 0 Å². The van der Waals surface area contributed by atoms with E-state index in [1.807, 2.05) is 18.2 Å². The molecule has 1 aromatic carbocycles. The number of rotatable bonds is 6. The molecule has 0 saturated heterocycles. The summed E-state index contributed by atoms with van der Waals surface area (Å²) in [5, 5.41) is 12.1. The Morgan fingerprint density at radius 3 is 2.78 bits per heavy atom. The number of hydrogen-bond donors (Lipinski definition) is 1. The highest BCUT2D eigenvalue weighted by atomic mass is 16.2. The topological polar surface area (TPSA) is 69.0 Å². The summed E-state index contributed by atoms with van der Waals surface area (Å²) in [6, 6.07) is 12.8. The van der Waals surface area contributed by atoms with Crippen molar-refractivity contribution in [2.75, 3.05) is 18.9 Å². The van der Waals surface area contributed by atoms with E-state index in [4.69, 9.17) is 5.26 Å². The predicted octanol–water partition coefficient (Wildman–Crippen LogP) is 3.57. The number of nitrogens with zero attached hydrogens (tertiary/aromatic N) is 3. The van der Waals surface area contributed by atoms with Crippen LogP contribution < -0.4 is 5.32 Å². The monoisotopic (exact) mass is 308 g/mol. The smallest absolute Gasteiger partial charge is 0.272 e. The summed E-state index contributed by atoms with van der Waals surface area (Å²) >= 11 is 0. The van der Waals surface area contributed by atoms with Crippen LogP contribution in [0.4, 0.5) is 11.4 Å². The number of carbonyl (C=O) groups is 1. The number of nitriles is 1. The van der Waals surface area contributed by atoms with Crippen LogP contribution in [0.15, 0.2) is 42.6 Å². The molecule has 0 spiro atoms. The number of nitrogens with one attached hydrogen (secondary N) is 1. The molecule has 1 amide bonds. The van der Waals surface area contributed by atoms with Crippen molar-refractivity contribution in [3.8, 4) is 6.07 Å². The SMILES string of the molecule is CCCCN(C)C(=O)c1ccc(Nc2cccc(C#N)c2)cn1. The predicted molar refractivity (Wildman–Crippen MR) is 90.5 cm³/mol. The van der Waals surface area contributed by atoms with Crippen molar-refractivity contribution < 1.29 is 4.79 Å². The van der Waals surface area contributed by atoms with E-state index < -0.39 is 0 Å². The van der Waals surface area contributed by atoms with E-state index in [9.17, 15) is 4.79 Å². The van der Waals surface area contributed by atoms with Gasteiger partial charge in [-0.3, -0.25) is 4.79 Å². The van der Waals surface area contributed by atoms with Gasteiger partial charge in [0.05, 0.1) is 23.5 Å². The Hall–Kier alpha value is -2.87. The summed E-state index contributed by atoms with van der Waals surface area (Å²) in [4.78, 5) is 18.1. The second-order valence-electron chi connectivity index (χ2n) is 5.33. The lowest BCUT2D eigenvalue weighted by Gasteiger charge is -2.16. The van der Waals surface area contributed by atoms with Crippen LogP contribution in [0.2, 0.25) is 0 Å². The molecule has 0 bridgehead atoms. The fourth-order valence-corrected chi connectivity index (χ4v) is 2.12. The maximum atomic E-state index is 12.2. The normalized spacial score (nSPS) is 9.96. The first-order chi connectivity index (χ1) is 11.1. The third-order valence-electron chi connectivity index (χ3n) is 3.46. The van der Waals surface area contributed by atoms with E-state index in [0.717, 1.165) is 30.8 Å². The first-order valence-corrected chi connectivity index (χ1v) is 7.62. The number of unbranched alkanes of at least 4 members (excludes halogenated alkanes) is 1. The van der Waals surface area contributed by atoms with Gasteiger partial charge in [0.25, 0.3) is 5.91 Å². The molecule has 118 valence electrons. The molecule has 2 aromatic rings. The zero-order valence-electron chi connectivity index (χ0n) is 13.4. The highest BCUT2D eigenvalue weighted by Crippen LogP contribution is 2.17. The number of aromatic nitrogens is 1. The van der Waals surface area contributed by atoms with Gasteiger partial charge < -0.3 is 10.2 Å². The molecule has 0 unspecified atom stereocenters. The maximum absolute atomic E-state index is 12.2. The Morgan fingerprint density at radius 2 is 2.13 bits per heavy atom. The van der Waals surface area contributed by atoms with Crippen LogP contribution in [0.5, 0.6) is 0 Å². The molecule has 5 heteroatoms. The van der Waals surface area contributed by atoms with Gasteiger partial charge in [0.2, 0.25) is 0 Å². The Balaban J connectivity index is 2.04. The molecule has 5 nitrogen and oxygen atoms in total. The Kier molecular flexibility index (Phi) is 5.70. The van der Waals surface area contributed by atoms with Crippen molar-refractivity contribution in [3.05, 3.63) is 53.9 Å². The highest BCUT2D eigenvalue weighted by molar-refractivity contribution is 5.92. The minimum absolute atomic E-state index is 0.0727. The molecule has 1 N–H and O–H groups in total. The van der Waals surface area contributed by atoms with Gasteiger partial charge in [0.1, 0.15) is 5.69 Å². The van der Waals surface area contributed by atoms with Gasteiger partial charge in [0, 0.05) is 19.3 Å². The molecule has 0 saturated carbocycles. The zero-order chi connectivity index (χ0) is 16.7. The standard InChI is InChI=1S/C18H20N4O/c1-3-4-10-22(2)18(23)17-9-8-16(13-20-17)21-15-7-5-6-14(11-15)12-19/h5-9,11,13,21H,3-4,10H2,1-2H3. The highest BCUT2D eigenvalue weighted by Gasteiger charge is 2.12. The molecule has 0 fully saturated rings. The third kappa shape index (κ3) is 4.55. The first kappa shape index (κ1) is 16.5. The fourth-order valence-electron chi connectivity index (χ4n) is 2.12. The van der Waals surface area contributed by atoms with Gasteiger partial charge in [-0.2, -0.15) is 5.26 Å². The molecule has 0 aliphatic rings. The fraction of sp³-hybridized carbons (Fsp3) is 0.278. The summed E-state index contributed by atoms with van der Waals surface area (Å²) in [5.41, 5.74) is 2.60. The van der Waals surface area contributed by atoms with Crippen LogP contribution >= 0.6 is 0 Å². The van der Waals surface area contributed by atoms with Gasteiger partial charge >= 0.3 is 0 Å². The maximum Gasteiger partial charge on any atom is 0.272 e. The molecule has 1 heterocycles. The average molecular weight is 308 g/mol. The Bertz CT molecular complexity index is 704. The van der Waals surface area contributed by atoms with Gasteiger partial charge in [0.15, 0.2) is 0 Å². The second kappa shape index (κ2) is 7.95. The molecule has 0 atom stereocenters. The summed E-state index contributed by atoms with van der Waals surface area (Å²) < 4.78 is 0. The quantitative estimate of drug-likeness (QED) is 0.885. The molecular weight excluding hydrogens is 288 g/mol. The van der Waals surface area contributed by atoms with Crippen LogP contribution in [0.1, 0.15) is 35.8 Å². The number of carbonyl (C=O) groups excluding carboxylic acids is 1. The molecule has 0 radical (unpaired) electrons. The van der Waals surface area contributed by atoms with E-state index in [1.54, 1.807) is 36.3 Å². The first-order valence-electron chi connectivity index (χ1n) is 7.62. The largest absolute Gasteiger partial charge is 0.354 e. The number of pyridine rings is 1. The van der Waals surface area contributed by atoms with Crippen molar-refractivity contribution in [1.29, 1.82) is 5.26 Å². The van der Waals surface area contributed by atoms with Gasteiger partial charge in [-0.25, -0.2) is 4.98 Å². The summed E-state index contributed by atoms with van der Waals surface area (Å²) in [7, 11) is 1.79. The molecule has 1 aromatic heterocycles. The van der Waals surface area contributed by atoms with E-state index in [-0.39, 0.29) is 5.91 Å².